The zero-order valence-corrected chi connectivity index (χ0v) is 10.9. The summed E-state index contributed by atoms with van der Waals surface area (Å²) in [4.78, 5) is 0. The van der Waals surface area contributed by atoms with Gasteiger partial charge in [-0.3, -0.25) is 4.68 Å². The van der Waals surface area contributed by atoms with Crippen molar-refractivity contribution >= 4 is 30.5 Å². The highest BCUT2D eigenvalue weighted by molar-refractivity contribution is 5.85. The molecule has 0 saturated heterocycles. The molecule has 0 bridgehead atoms. The fourth-order valence-corrected chi connectivity index (χ4v) is 1.22. The minimum Gasteiger partial charge on any atom is -0.487 e. The lowest BCUT2D eigenvalue weighted by molar-refractivity contribution is 0.301. The van der Waals surface area contributed by atoms with Gasteiger partial charge in [-0.2, -0.15) is 0 Å². The van der Waals surface area contributed by atoms with Crippen molar-refractivity contribution in [1.82, 2.24) is 15.0 Å². The van der Waals surface area contributed by atoms with Crippen LogP contribution in [0.2, 0.25) is 0 Å². The largest absolute Gasteiger partial charge is 0.487 e. The van der Waals surface area contributed by atoms with Crippen LogP contribution < -0.4 is 10.5 Å². The van der Waals surface area contributed by atoms with Gasteiger partial charge in [0.2, 0.25) is 0 Å². The molecule has 0 aliphatic rings. The summed E-state index contributed by atoms with van der Waals surface area (Å²) in [6, 6.07) is 7.29. The van der Waals surface area contributed by atoms with Crippen LogP contribution in [-0.2, 0) is 13.7 Å². The third-order valence-electron chi connectivity index (χ3n) is 1.89. The lowest BCUT2D eigenvalue weighted by Crippen LogP contribution is -1.96. The number of rotatable bonds is 3. The highest BCUT2D eigenvalue weighted by Crippen LogP contribution is 2.15. The van der Waals surface area contributed by atoms with Crippen LogP contribution in [0.3, 0.4) is 0 Å². The molecule has 2 N–H and O–H groups in total. The molecule has 17 heavy (non-hydrogen) atoms. The van der Waals surface area contributed by atoms with Gasteiger partial charge in [0.05, 0.1) is 6.20 Å². The van der Waals surface area contributed by atoms with E-state index in [1.807, 2.05) is 31.4 Å². The van der Waals surface area contributed by atoms with Crippen LogP contribution in [0.15, 0.2) is 30.5 Å². The Morgan fingerprint density at radius 3 is 2.71 bits per heavy atom. The van der Waals surface area contributed by atoms with Crippen LogP contribution in [0.1, 0.15) is 5.69 Å². The van der Waals surface area contributed by atoms with E-state index in [0.29, 0.717) is 12.3 Å². The van der Waals surface area contributed by atoms with E-state index in [9.17, 15) is 0 Å². The van der Waals surface area contributed by atoms with Gasteiger partial charge in [0, 0.05) is 18.8 Å². The number of aryl methyl sites for hydroxylation is 1. The summed E-state index contributed by atoms with van der Waals surface area (Å²) >= 11 is 0. The lowest BCUT2D eigenvalue weighted by atomic mass is 10.3. The van der Waals surface area contributed by atoms with Gasteiger partial charge in [0.15, 0.2) is 0 Å². The first-order valence-corrected chi connectivity index (χ1v) is 4.57. The smallest absolute Gasteiger partial charge is 0.134 e. The van der Waals surface area contributed by atoms with E-state index in [4.69, 9.17) is 10.5 Å². The summed E-state index contributed by atoms with van der Waals surface area (Å²) in [6.45, 7) is 0.400. The Morgan fingerprint density at radius 1 is 1.35 bits per heavy atom. The maximum Gasteiger partial charge on any atom is 0.134 e. The van der Waals surface area contributed by atoms with Gasteiger partial charge in [-0.05, 0) is 12.1 Å². The van der Waals surface area contributed by atoms with Crippen molar-refractivity contribution in [2.75, 3.05) is 5.73 Å². The summed E-state index contributed by atoms with van der Waals surface area (Å²) in [7, 11) is 1.82. The summed E-state index contributed by atoms with van der Waals surface area (Å²) in [5, 5.41) is 7.72. The van der Waals surface area contributed by atoms with Gasteiger partial charge < -0.3 is 10.5 Å². The standard InChI is InChI=1S/C10H12N4O.2ClH/c1-14-6-9(12-13-14)7-15-10-4-2-3-8(11)5-10;;/h2-6H,7,11H2,1H3;2*1H. The molecule has 0 amide bonds. The predicted molar refractivity (Wildman–Crippen MR) is 70.7 cm³/mol. The average Bonchev–Trinajstić information content (AvgIpc) is 2.62. The third-order valence-corrected chi connectivity index (χ3v) is 1.89. The number of nitrogens with zero attached hydrogens (tertiary/aromatic N) is 3. The second-order valence-corrected chi connectivity index (χ2v) is 3.24. The predicted octanol–water partition coefficient (Wildman–Crippen LogP) is 1.82. The number of hydrogen-bond acceptors (Lipinski definition) is 4. The normalized spacial score (nSPS) is 9.00. The molecule has 1 aromatic heterocycles. The first-order chi connectivity index (χ1) is 7.24. The first-order valence-electron chi connectivity index (χ1n) is 4.57. The topological polar surface area (TPSA) is 66.0 Å². The van der Waals surface area contributed by atoms with Gasteiger partial charge in [0.1, 0.15) is 18.1 Å². The molecule has 5 nitrogen and oxygen atoms in total. The highest BCUT2D eigenvalue weighted by atomic mass is 35.5. The maximum atomic E-state index is 5.62. The molecule has 0 unspecified atom stereocenters. The molecule has 2 aromatic rings. The van der Waals surface area contributed by atoms with E-state index >= 15 is 0 Å². The molecule has 0 spiro atoms. The van der Waals surface area contributed by atoms with E-state index in [0.717, 1.165) is 11.4 Å². The zero-order valence-electron chi connectivity index (χ0n) is 9.24. The summed E-state index contributed by atoms with van der Waals surface area (Å²) in [6.07, 6.45) is 1.81. The molecule has 0 radical (unpaired) electrons. The number of ether oxygens (including phenoxy) is 1. The molecular weight excluding hydrogens is 263 g/mol. The van der Waals surface area contributed by atoms with E-state index in [1.54, 1.807) is 10.7 Å². The van der Waals surface area contributed by atoms with Gasteiger partial charge >= 0.3 is 0 Å². The Kier molecular flexibility index (Phi) is 6.38. The number of benzene rings is 1. The molecule has 7 heteroatoms. The second kappa shape index (κ2) is 6.98. The second-order valence-electron chi connectivity index (χ2n) is 3.24. The number of anilines is 1. The van der Waals surface area contributed by atoms with E-state index in [1.165, 1.54) is 0 Å². The number of nitrogens with two attached hydrogens (primary N) is 1. The van der Waals surface area contributed by atoms with E-state index in [-0.39, 0.29) is 24.8 Å². The lowest BCUT2D eigenvalue weighted by Gasteiger charge is -2.03. The van der Waals surface area contributed by atoms with Gasteiger partial charge in [-0.25, -0.2) is 0 Å². The number of nitrogen functional groups attached to an aromatic ring is 1. The number of aromatic nitrogens is 3. The van der Waals surface area contributed by atoms with E-state index < -0.39 is 0 Å². The minimum atomic E-state index is 0. The van der Waals surface area contributed by atoms with Crippen molar-refractivity contribution in [3.05, 3.63) is 36.2 Å². The molecular formula is C10H14Cl2N4O. The fraction of sp³-hybridized carbons (Fsp3) is 0.200. The summed E-state index contributed by atoms with van der Waals surface area (Å²) < 4.78 is 7.13. The summed E-state index contributed by atoms with van der Waals surface area (Å²) in [5.41, 5.74) is 7.10. The van der Waals surface area contributed by atoms with Crippen LogP contribution in [0, 0.1) is 0 Å². The Hall–Kier alpha value is -1.46. The first kappa shape index (κ1) is 15.5. The van der Waals surface area contributed by atoms with Crippen LogP contribution in [0.5, 0.6) is 5.75 Å². The van der Waals surface area contributed by atoms with Crippen LogP contribution in [-0.4, -0.2) is 15.0 Å². The minimum absolute atomic E-state index is 0. The van der Waals surface area contributed by atoms with E-state index in [2.05, 4.69) is 10.3 Å². The number of hydrogen-bond donors (Lipinski definition) is 1. The fourth-order valence-electron chi connectivity index (χ4n) is 1.22. The quantitative estimate of drug-likeness (QED) is 0.869. The monoisotopic (exact) mass is 276 g/mol. The highest BCUT2D eigenvalue weighted by Gasteiger charge is 1.99. The van der Waals surface area contributed by atoms with Crippen molar-refractivity contribution in [2.24, 2.45) is 7.05 Å². The molecule has 1 heterocycles. The van der Waals surface area contributed by atoms with Crippen molar-refractivity contribution in [1.29, 1.82) is 0 Å². The molecule has 0 fully saturated rings. The van der Waals surface area contributed by atoms with Crippen molar-refractivity contribution in [3.63, 3.8) is 0 Å². The maximum absolute atomic E-state index is 5.62. The zero-order chi connectivity index (χ0) is 10.7. The SMILES string of the molecule is Cl.Cl.Cn1cc(COc2cccc(N)c2)nn1. The Labute approximate surface area is 112 Å². The van der Waals surface area contributed by atoms with Gasteiger partial charge in [0.25, 0.3) is 0 Å². The van der Waals surface area contributed by atoms with Crippen LogP contribution >= 0.6 is 24.8 Å². The van der Waals surface area contributed by atoms with Gasteiger partial charge in [-0.15, -0.1) is 29.9 Å². The molecule has 94 valence electrons. The van der Waals surface area contributed by atoms with Crippen LogP contribution in [0.4, 0.5) is 5.69 Å². The average molecular weight is 277 g/mol. The molecule has 0 saturated carbocycles. The molecule has 0 aliphatic carbocycles. The Morgan fingerprint density at radius 2 is 2.12 bits per heavy atom. The molecule has 2 rings (SSSR count). The molecule has 1 aromatic carbocycles. The summed E-state index contributed by atoms with van der Waals surface area (Å²) in [5.74, 6) is 0.737. The Bertz CT molecular complexity index is 461. The van der Waals surface area contributed by atoms with Crippen molar-refractivity contribution in [2.45, 2.75) is 6.61 Å². The van der Waals surface area contributed by atoms with Crippen LogP contribution in [0.25, 0.3) is 0 Å². The number of halogens is 2. The van der Waals surface area contributed by atoms with Gasteiger partial charge in [-0.1, -0.05) is 11.3 Å². The molecule has 0 atom stereocenters. The third kappa shape index (κ3) is 4.50. The van der Waals surface area contributed by atoms with Crippen molar-refractivity contribution < 1.29 is 4.74 Å². The van der Waals surface area contributed by atoms with Crippen molar-refractivity contribution in [3.8, 4) is 5.75 Å². The molecule has 0 aliphatic heterocycles. The Balaban J connectivity index is 0.00000128.